The molecule has 2 aromatic rings. The van der Waals surface area contributed by atoms with Crippen molar-refractivity contribution in [1.82, 2.24) is 15.1 Å². The third-order valence-corrected chi connectivity index (χ3v) is 5.29. The van der Waals surface area contributed by atoms with Gasteiger partial charge in [0.25, 0.3) is 5.91 Å². The van der Waals surface area contributed by atoms with Gasteiger partial charge in [0, 0.05) is 11.8 Å². The van der Waals surface area contributed by atoms with Crippen molar-refractivity contribution < 1.29 is 19.1 Å². The van der Waals surface area contributed by atoms with Gasteiger partial charge in [-0.05, 0) is 50.7 Å². The van der Waals surface area contributed by atoms with Crippen LogP contribution in [0.15, 0.2) is 35.1 Å². The van der Waals surface area contributed by atoms with Crippen molar-refractivity contribution >= 4 is 11.9 Å². The van der Waals surface area contributed by atoms with Crippen LogP contribution in [0.2, 0.25) is 0 Å². The van der Waals surface area contributed by atoms with E-state index in [9.17, 15) is 23.9 Å². The maximum atomic E-state index is 14.1. The fourth-order valence-electron chi connectivity index (χ4n) is 3.50. The lowest BCUT2D eigenvalue weighted by Gasteiger charge is -2.36. The molecule has 0 atom stereocenters. The van der Waals surface area contributed by atoms with Crippen LogP contribution in [0.1, 0.15) is 48.8 Å². The van der Waals surface area contributed by atoms with E-state index in [2.05, 4.69) is 10.4 Å². The number of benzene rings is 1. The molecule has 3 rings (SSSR count). The molecule has 1 heterocycles. The summed E-state index contributed by atoms with van der Waals surface area (Å²) in [6, 6.07) is 7.04. The van der Waals surface area contributed by atoms with E-state index in [1.807, 2.05) is 6.92 Å². The second-order valence-corrected chi connectivity index (χ2v) is 7.39. The molecular formula is C20H22FN3O4. The highest BCUT2D eigenvalue weighted by molar-refractivity contribution is 5.96. The van der Waals surface area contributed by atoms with Crippen LogP contribution in [-0.2, 0) is 4.79 Å². The Labute approximate surface area is 161 Å². The Bertz CT molecular complexity index is 978. The van der Waals surface area contributed by atoms with Crippen LogP contribution in [0.3, 0.4) is 0 Å². The van der Waals surface area contributed by atoms with Gasteiger partial charge in [0.05, 0.1) is 0 Å². The molecule has 1 aliphatic rings. The maximum absolute atomic E-state index is 14.1. The second kappa shape index (κ2) is 7.53. The van der Waals surface area contributed by atoms with Crippen LogP contribution in [0.25, 0.3) is 5.69 Å². The van der Waals surface area contributed by atoms with Crippen LogP contribution in [0.4, 0.5) is 4.39 Å². The van der Waals surface area contributed by atoms with E-state index in [1.165, 1.54) is 28.9 Å². The van der Waals surface area contributed by atoms with E-state index < -0.39 is 34.4 Å². The first-order valence-corrected chi connectivity index (χ1v) is 9.15. The van der Waals surface area contributed by atoms with Gasteiger partial charge in [0.1, 0.15) is 17.0 Å². The average Bonchev–Trinajstić information content (AvgIpc) is 2.64. The highest BCUT2D eigenvalue weighted by Crippen LogP contribution is 2.32. The summed E-state index contributed by atoms with van der Waals surface area (Å²) in [4.78, 5) is 37.0. The average molecular weight is 387 g/mol. The zero-order chi connectivity index (χ0) is 20.5. The highest BCUT2D eigenvalue weighted by Gasteiger charge is 2.43. The number of halogens is 1. The van der Waals surface area contributed by atoms with E-state index in [1.54, 1.807) is 13.0 Å². The number of nitrogens with one attached hydrogen (secondary N) is 1. The Balaban J connectivity index is 1.98. The molecule has 148 valence electrons. The number of nitrogens with zero attached hydrogens (tertiary/aromatic N) is 2. The van der Waals surface area contributed by atoms with Gasteiger partial charge in [-0.15, -0.1) is 0 Å². The number of aromatic nitrogens is 2. The summed E-state index contributed by atoms with van der Waals surface area (Å²) in [5, 5.41) is 16.2. The minimum Gasteiger partial charge on any atom is -0.480 e. The van der Waals surface area contributed by atoms with Gasteiger partial charge in [-0.2, -0.15) is 5.10 Å². The Kier molecular flexibility index (Phi) is 5.31. The van der Waals surface area contributed by atoms with Gasteiger partial charge in [0.2, 0.25) is 5.43 Å². The van der Waals surface area contributed by atoms with Gasteiger partial charge >= 0.3 is 5.97 Å². The topological polar surface area (TPSA) is 101 Å². The molecule has 0 radical (unpaired) electrons. The Hall–Kier alpha value is -3.03. The van der Waals surface area contributed by atoms with E-state index in [4.69, 9.17) is 0 Å². The third-order valence-electron chi connectivity index (χ3n) is 5.29. The first kappa shape index (κ1) is 19.7. The van der Waals surface area contributed by atoms with Crippen molar-refractivity contribution in [1.29, 1.82) is 0 Å². The lowest BCUT2D eigenvalue weighted by atomic mass is 9.77. The smallest absolute Gasteiger partial charge is 0.329 e. The molecule has 1 fully saturated rings. The molecular weight excluding hydrogens is 365 g/mol. The lowest BCUT2D eigenvalue weighted by molar-refractivity contribution is -0.146. The zero-order valence-corrected chi connectivity index (χ0v) is 15.7. The summed E-state index contributed by atoms with van der Waals surface area (Å²) in [5.41, 5.74) is -2.09. The minimum absolute atomic E-state index is 0.0912. The van der Waals surface area contributed by atoms with Crippen LogP contribution in [0, 0.1) is 18.7 Å². The molecule has 2 N–H and O–H groups in total. The normalized spacial score (nSPS) is 21.9. The van der Waals surface area contributed by atoms with Gasteiger partial charge in [0.15, 0.2) is 5.69 Å². The summed E-state index contributed by atoms with van der Waals surface area (Å²) >= 11 is 0. The number of para-hydroxylation sites is 1. The molecule has 28 heavy (non-hydrogen) atoms. The number of aliphatic carboxylic acids is 1. The molecule has 0 aliphatic heterocycles. The van der Waals surface area contributed by atoms with Crippen molar-refractivity contribution in [2.75, 3.05) is 0 Å². The summed E-state index contributed by atoms with van der Waals surface area (Å²) < 4.78 is 15.3. The van der Waals surface area contributed by atoms with Gasteiger partial charge < -0.3 is 10.4 Å². The standard InChI is InChI=1S/C20H22FN3O4/c1-12-7-9-20(10-8-12,19(27)28)22-18(26)17-16(25)11-13(2)24(23-17)15-6-4-3-5-14(15)21/h3-6,11-12H,7-10H2,1-2H3,(H,22,26)(H,27,28). The van der Waals surface area contributed by atoms with Crippen molar-refractivity contribution in [2.24, 2.45) is 5.92 Å². The first-order chi connectivity index (χ1) is 13.2. The van der Waals surface area contributed by atoms with Gasteiger partial charge in [-0.1, -0.05) is 19.1 Å². The Morgan fingerprint density at radius 3 is 2.54 bits per heavy atom. The SMILES string of the molecule is Cc1cc(=O)c(C(=O)NC2(C(=O)O)CCC(C)CC2)nn1-c1ccccc1F. The predicted octanol–water partition coefficient (Wildman–Crippen LogP) is 2.44. The molecule has 1 saturated carbocycles. The van der Waals surface area contributed by atoms with Gasteiger partial charge in [-0.3, -0.25) is 9.59 Å². The molecule has 1 aromatic carbocycles. The molecule has 1 aliphatic carbocycles. The number of amides is 1. The largest absolute Gasteiger partial charge is 0.480 e. The van der Waals surface area contributed by atoms with Crippen molar-refractivity contribution in [3.63, 3.8) is 0 Å². The molecule has 7 nitrogen and oxygen atoms in total. The van der Waals surface area contributed by atoms with Crippen LogP contribution >= 0.6 is 0 Å². The van der Waals surface area contributed by atoms with E-state index in [-0.39, 0.29) is 18.5 Å². The first-order valence-electron chi connectivity index (χ1n) is 9.15. The summed E-state index contributed by atoms with van der Waals surface area (Å²) in [6.07, 6.45) is 1.88. The third kappa shape index (κ3) is 3.67. The Morgan fingerprint density at radius 1 is 1.29 bits per heavy atom. The minimum atomic E-state index is -1.43. The van der Waals surface area contributed by atoms with Crippen LogP contribution in [0.5, 0.6) is 0 Å². The fourth-order valence-corrected chi connectivity index (χ4v) is 3.50. The van der Waals surface area contributed by atoms with Gasteiger partial charge in [-0.25, -0.2) is 13.9 Å². The summed E-state index contributed by atoms with van der Waals surface area (Å²) in [6.45, 7) is 3.60. The van der Waals surface area contributed by atoms with Crippen LogP contribution in [-0.4, -0.2) is 32.3 Å². The van der Waals surface area contributed by atoms with E-state index in [0.717, 1.165) is 0 Å². The number of carbonyl (C=O) groups is 2. The molecule has 1 amide bonds. The number of carboxylic acid groups (broad SMARTS) is 1. The number of carbonyl (C=O) groups excluding carboxylic acids is 1. The molecule has 8 heteroatoms. The molecule has 1 aromatic heterocycles. The molecule has 0 bridgehead atoms. The number of hydrogen-bond acceptors (Lipinski definition) is 4. The van der Waals surface area contributed by atoms with Crippen LogP contribution < -0.4 is 10.7 Å². The van der Waals surface area contributed by atoms with Crippen molar-refractivity contribution in [3.05, 3.63) is 57.8 Å². The fraction of sp³-hybridized carbons (Fsp3) is 0.400. The summed E-state index contributed by atoms with van der Waals surface area (Å²) in [5.74, 6) is -2.18. The highest BCUT2D eigenvalue weighted by atomic mass is 19.1. The Morgan fingerprint density at radius 2 is 1.93 bits per heavy atom. The van der Waals surface area contributed by atoms with E-state index >= 15 is 0 Å². The van der Waals surface area contributed by atoms with E-state index in [0.29, 0.717) is 24.5 Å². The summed E-state index contributed by atoms with van der Waals surface area (Å²) in [7, 11) is 0. The quantitative estimate of drug-likeness (QED) is 0.839. The maximum Gasteiger partial charge on any atom is 0.329 e. The lowest BCUT2D eigenvalue weighted by Crippen LogP contribution is -2.57. The number of carboxylic acids is 1. The number of hydrogen-bond donors (Lipinski definition) is 2. The van der Waals surface area contributed by atoms with Crippen molar-refractivity contribution in [2.45, 2.75) is 45.1 Å². The predicted molar refractivity (Wildman–Crippen MR) is 100.0 cm³/mol. The van der Waals surface area contributed by atoms with Crippen molar-refractivity contribution in [3.8, 4) is 5.69 Å². The number of aryl methyl sites for hydroxylation is 1. The monoisotopic (exact) mass is 387 g/mol. The number of rotatable bonds is 4. The molecule has 0 spiro atoms. The molecule has 0 unspecified atom stereocenters. The molecule has 0 saturated heterocycles. The zero-order valence-electron chi connectivity index (χ0n) is 15.7. The second-order valence-electron chi connectivity index (χ2n) is 7.39.